The highest BCUT2D eigenvalue weighted by molar-refractivity contribution is 7.51. The summed E-state index contributed by atoms with van der Waals surface area (Å²) in [5.74, 6) is 3.43. The van der Waals surface area contributed by atoms with Crippen LogP contribution in [0.15, 0.2) is 101 Å². The Hall–Kier alpha value is -4.84. The van der Waals surface area contributed by atoms with Crippen molar-refractivity contribution in [3.63, 3.8) is 0 Å². The SMILES string of the molecule is C#CCC(C)(C)OC(=O)CP(OC1[C@@H](COC(c2ccccc2)(c2ccc(OC)cc2)c2ccc(OC)cc2)O[C@@H](n2ccc(=O)[nH]c2=O)[C@H]1OCCOC)N(C(C)C)C(C)C. The number of nitrogens with one attached hydrogen (secondary N) is 1. The first-order valence-corrected chi connectivity index (χ1v) is 22.0. The lowest BCUT2D eigenvalue weighted by molar-refractivity contribution is -0.152. The van der Waals surface area contributed by atoms with Crippen molar-refractivity contribution in [2.75, 3.05) is 47.3 Å². The number of rotatable bonds is 22. The number of terminal acetylenes is 1. The first-order valence-electron chi connectivity index (χ1n) is 20.6. The highest BCUT2D eigenvalue weighted by atomic mass is 31.2. The van der Waals surface area contributed by atoms with Gasteiger partial charge in [0.2, 0.25) is 0 Å². The molecule has 1 aliphatic rings. The Balaban J connectivity index is 1.68. The van der Waals surface area contributed by atoms with Crippen LogP contribution in [-0.2, 0) is 38.6 Å². The molecule has 1 N–H and O–H groups in total. The number of aromatic nitrogens is 2. The van der Waals surface area contributed by atoms with E-state index in [0.717, 1.165) is 16.7 Å². The molecule has 14 nitrogen and oxygen atoms in total. The standard InChI is InChI=1S/C47H60N3O11P/c1-11-26-46(6,7)60-41(52)31-62(50(32(2)3)33(4)5)61-42-39(59-44(43(42)57-29-28-54-8)49-27-25-40(51)48-45(49)53)30-58-47(34-15-13-12-14-16-34,35-17-21-37(55-9)22-18-35)36-19-23-38(56-10)24-20-36/h1,12-25,27,32-33,39,42-44H,26,28-31H2,2-10H3,(H,48,51,53)/t39-,42?,43+,44-,62?/m1/s1. The Morgan fingerprint density at radius 2 is 1.44 bits per heavy atom. The molecular weight excluding hydrogens is 814 g/mol. The third-order valence-electron chi connectivity index (χ3n) is 10.4. The van der Waals surface area contributed by atoms with Gasteiger partial charge in [-0.05, 0) is 82.5 Å². The molecule has 1 aliphatic heterocycles. The zero-order valence-electron chi connectivity index (χ0n) is 37.1. The number of nitrogens with zero attached hydrogens (tertiary/aromatic N) is 2. The zero-order chi connectivity index (χ0) is 45.0. The van der Waals surface area contributed by atoms with Gasteiger partial charge in [-0.25, -0.2) is 4.79 Å². The second-order valence-corrected chi connectivity index (χ2v) is 17.7. The van der Waals surface area contributed by atoms with Gasteiger partial charge in [-0.3, -0.25) is 23.8 Å². The summed E-state index contributed by atoms with van der Waals surface area (Å²) in [6.45, 7) is 11.9. The molecule has 15 heteroatoms. The second kappa shape index (κ2) is 22.0. The molecule has 334 valence electrons. The highest BCUT2D eigenvalue weighted by Gasteiger charge is 2.51. The molecule has 0 spiro atoms. The fraction of sp³-hybridized carbons (Fsp3) is 0.468. The van der Waals surface area contributed by atoms with Crippen LogP contribution in [0.1, 0.15) is 70.9 Å². The van der Waals surface area contributed by atoms with Crippen LogP contribution in [0.5, 0.6) is 11.5 Å². The average Bonchev–Trinajstić information content (AvgIpc) is 3.57. The maximum Gasteiger partial charge on any atom is 0.330 e. The summed E-state index contributed by atoms with van der Waals surface area (Å²) in [5.41, 5.74) is -1.03. The van der Waals surface area contributed by atoms with Crippen LogP contribution in [0.3, 0.4) is 0 Å². The topological polar surface area (TPSA) is 149 Å². The van der Waals surface area contributed by atoms with E-state index in [1.165, 1.54) is 16.8 Å². The number of carbonyl (C=O) groups is 1. The monoisotopic (exact) mass is 873 g/mol. The van der Waals surface area contributed by atoms with Gasteiger partial charge in [-0.15, -0.1) is 12.3 Å². The molecule has 0 amide bonds. The Morgan fingerprint density at radius 3 is 1.95 bits per heavy atom. The summed E-state index contributed by atoms with van der Waals surface area (Å²) in [5, 5.41) is 0. The van der Waals surface area contributed by atoms with Crippen molar-refractivity contribution in [2.24, 2.45) is 0 Å². The number of H-pyrrole nitrogens is 1. The predicted molar refractivity (Wildman–Crippen MR) is 238 cm³/mol. The van der Waals surface area contributed by atoms with E-state index in [2.05, 4.69) is 15.6 Å². The lowest BCUT2D eigenvalue weighted by atomic mass is 9.80. The minimum atomic E-state index is -1.78. The van der Waals surface area contributed by atoms with Crippen molar-refractivity contribution in [1.82, 2.24) is 14.2 Å². The second-order valence-electron chi connectivity index (χ2n) is 16.0. The summed E-state index contributed by atoms with van der Waals surface area (Å²) in [6.07, 6.45) is 3.15. The number of hydrogen-bond donors (Lipinski definition) is 1. The summed E-state index contributed by atoms with van der Waals surface area (Å²) >= 11 is 0. The van der Waals surface area contributed by atoms with E-state index in [1.54, 1.807) is 35.2 Å². The van der Waals surface area contributed by atoms with Gasteiger partial charge in [0.1, 0.15) is 55.5 Å². The quantitative estimate of drug-likeness (QED) is 0.0296. The molecule has 0 radical (unpaired) electrons. The first kappa shape index (κ1) is 48.2. The molecule has 1 saturated heterocycles. The summed E-state index contributed by atoms with van der Waals surface area (Å²) in [6, 6.07) is 26.2. The largest absolute Gasteiger partial charge is 0.497 e. The van der Waals surface area contributed by atoms with Crippen molar-refractivity contribution >= 4 is 14.3 Å². The van der Waals surface area contributed by atoms with Gasteiger partial charge < -0.3 is 37.7 Å². The van der Waals surface area contributed by atoms with E-state index in [4.69, 9.17) is 44.1 Å². The van der Waals surface area contributed by atoms with Gasteiger partial charge in [-0.1, -0.05) is 54.6 Å². The van der Waals surface area contributed by atoms with E-state index in [9.17, 15) is 14.4 Å². The molecule has 5 atom stereocenters. The van der Waals surface area contributed by atoms with Gasteiger partial charge >= 0.3 is 11.7 Å². The van der Waals surface area contributed by atoms with E-state index >= 15 is 0 Å². The number of ether oxygens (including phenoxy) is 7. The molecular formula is C47H60N3O11P. The molecule has 2 unspecified atom stereocenters. The van der Waals surface area contributed by atoms with Crippen LogP contribution in [0.2, 0.25) is 0 Å². The van der Waals surface area contributed by atoms with E-state index in [-0.39, 0.29) is 44.5 Å². The van der Waals surface area contributed by atoms with Crippen LogP contribution in [0, 0.1) is 12.3 Å². The van der Waals surface area contributed by atoms with Crippen molar-refractivity contribution < 1.29 is 42.5 Å². The summed E-state index contributed by atoms with van der Waals surface area (Å²) in [4.78, 5) is 42.0. The van der Waals surface area contributed by atoms with Gasteiger partial charge in [-0.2, -0.15) is 0 Å². The Labute approximate surface area is 365 Å². The summed E-state index contributed by atoms with van der Waals surface area (Å²) in [7, 11) is 2.99. The molecule has 3 aromatic carbocycles. The third kappa shape index (κ3) is 11.6. The number of esters is 1. The first-order chi connectivity index (χ1) is 29.7. The summed E-state index contributed by atoms with van der Waals surface area (Å²) < 4.78 is 53.8. The van der Waals surface area contributed by atoms with E-state index < -0.39 is 61.3 Å². The zero-order valence-corrected chi connectivity index (χ0v) is 38.0. The van der Waals surface area contributed by atoms with E-state index in [1.807, 2.05) is 107 Å². The van der Waals surface area contributed by atoms with E-state index in [0.29, 0.717) is 11.5 Å². The van der Waals surface area contributed by atoms with Crippen LogP contribution < -0.4 is 20.7 Å². The maximum absolute atomic E-state index is 13.8. The number of methoxy groups -OCH3 is 3. The minimum absolute atomic E-state index is 0.0639. The van der Waals surface area contributed by atoms with Gasteiger partial charge in [0.05, 0.1) is 34.0 Å². The highest BCUT2D eigenvalue weighted by Crippen LogP contribution is 2.51. The Bertz CT molecular complexity index is 2130. The lowest BCUT2D eigenvalue weighted by Gasteiger charge is -2.40. The van der Waals surface area contributed by atoms with Crippen LogP contribution >= 0.6 is 8.30 Å². The average molecular weight is 874 g/mol. The van der Waals surface area contributed by atoms with Gasteiger partial charge in [0, 0.05) is 37.9 Å². The molecule has 1 aromatic heterocycles. The minimum Gasteiger partial charge on any atom is -0.497 e. The van der Waals surface area contributed by atoms with Crippen molar-refractivity contribution in [3.8, 4) is 23.8 Å². The van der Waals surface area contributed by atoms with Crippen molar-refractivity contribution in [2.45, 2.75) is 95.8 Å². The Morgan fingerprint density at radius 1 is 0.855 bits per heavy atom. The van der Waals surface area contributed by atoms with Crippen molar-refractivity contribution in [1.29, 1.82) is 0 Å². The molecule has 0 aliphatic carbocycles. The molecule has 0 bridgehead atoms. The molecule has 2 heterocycles. The number of aromatic amines is 1. The number of carbonyl (C=O) groups excluding carboxylic acids is 1. The molecule has 62 heavy (non-hydrogen) atoms. The maximum atomic E-state index is 13.8. The predicted octanol–water partition coefficient (Wildman–Crippen LogP) is 6.65. The fourth-order valence-corrected chi connectivity index (χ4v) is 9.90. The smallest absolute Gasteiger partial charge is 0.330 e. The molecule has 0 saturated carbocycles. The van der Waals surface area contributed by atoms with Gasteiger partial charge in [0.25, 0.3) is 5.56 Å². The third-order valence-corrected chi connectivity index (χ3v) is 12.8. The normalized spacial score (nSPS) is 18.5. The van der Waals surface area contributed by atoms with Crippen LogP contribution in [0.4, 0.5) is 0 Å². The molecule has 4 aromatic rings. The van der Waals surface area contributed by atoms with Crippen LogP contribution in [-0.4, -0.2) is 103 Å². The number of benzene rings is 3. The fourth-order valence-electron chi connectivity index (χ4n) is 7.71. The number of hydrogen-bond acceptors (Lipinski definition) is 12. The van der Waals surface area contributed by atoms with Crippen LogP contribution in [0.25, 0.3) is 0 Å². The molecule has 5 rings (SSSR count). The lowest BCUT2D eigenvalue weighted by Crippen LogP contribution is -2.44. The molecule has 1 fully saturated rings. The Kier molecular flexibility index (Phi) is 17.1. The van der Waals surface area contributed by atoms with Crippen molar-refractivity contribution in [3.05, 3.63) is 129 Å². The van der Waals surface area contributed by atoms with Gasteiger partial charge in [0.15, 0.2) is 6.23 Å².